The first kappa shape index (κ1) is 17.0. The van der Waals surface area contributed by atoms with Crippen LogP contribution in [0.4, 0.5) is 5.69 Å². The van der Waals surface area contributed by atoms with Crippen LogP contribution < -0.4 is 10.6 Å². The van der Waals surface area contributed by atoms with E-state index < -0.39 is 0 Å². The van der Waals surface area contributed by atoms with E-state index in [9.17, 15) is 4.79 Å². The number of nitrogens with one attached hydrogen (secondary N) is 2. The van der Waals surface area contributed by atoms with E-state index in [1.807, 2.05) is 12.1 Å². The summed E-state index contributed by atoms with van der Waals surface area (Å²) in [6, 6.07) is 6.58. The molecule has 0 atom stereocenters. The number of anilines is 1. The van der Waals surface area contributed by atoms with Crippen LogP contribution >= 0.6 is 0 Å². The molecule has 122 valence electrons. The van der Waals surface area contributed by atoms with Gasteiger partial charge in [-0.2, -0.15) is 0 Å². The second kappa shape index (κ2) is 8.30. The molecule has 1 aromatic rings. The van der Waals surface area contributed by atoms with Gasteiger partial charge in [-0.1, -0.05) is 19.1 Å². The number of amides is 1. The Hall–Kier alpha value is -1.39. The highest BCUT2D eigenvalue weighted by atomic mass is 16.2. The molecule has 0 bridgehead atoms. The summed E-state index contributed by atoms with van der Waals surface area (Å²) in [7, 11) is 0. The van der Waals surface area contributed by atoms with Gasteiger partial charge in [0.25, 0.3) is 0 Å². The summed E-state index contributed by atoms with van der Waals surface area (Å²) in [5.41, 5.74) is 3.30. The van der Waals surface area contributed by atoms with Gasteiger partial charge in [0, 0.05) is 11.7 Å². The number of carbonyl (C=O) groups excluding carboxylic acids is 1. The summed E-state index contributed by atoms with van der Waals surface area (Å²) in [6.07, 6.45) is 3.36. The Morgan fingerprint density at radius 2 is 2.05 bits per heavy atom. The van der Waals surface area contributed by atoms with Crippen LogP contribution in [0.15, 0.2) is 18.2 Å². The predicted molar refractivity (Wildman–Crippen MR) is 92.3 cm³/mol. The van der Waals surface area contributed by atoms with Crippen molar-refractivity contribution in [2.24, 2.45) is 0 Å². The minimum absolute atomic E-state index is 0.0979. The molecule has 4 nitrogen and oxygen atoms in total. The largest absolute Gasteiger partial charge is 0.325 e. The second-order valence-corrected chi connectivity index (χ2v) is 6.25. The first-order valence-corrected chi connectivity index (χ1v) is 8.42. The molecule has 0 saturated carbocycles. The van der Waals surface area contributed by atoms with Crippen LogP contribution in [0.3, 0.4) is 0 Å². The predicted octanol–water partition coefficient (Wildman–Crippen LogP) is 2.71. The Kier molecular flexibility index (Phi) is 6.40. The fraction of sp³-hybridized carbons (Fsp3) is 0.611. The highest BCUT2D eigenvalue weighted by Crippen LogP contribution is 2.18. The third-order valence-corrected chi connectivity index (χ3v) is 4.56. The summed E-state index contributed by atoms with van der Waals surface area (Å²) in [6.45, 7) is 9.91. The topological polar surface area (TPSA) is 44.4 Å². The van der Waals surface area contributed by atoms with E-state index in [2.05, 4.69) is 42.4 Å². The zero-order valence-electron chi connectivity index (χ0n) is 14.1. The van der Waals surface area contributed by atoms with Crippen molar-refractivity contribution in [3.05, 3.63) is 29.3 Å². The minimum Gasteiger partial charge on any atom is -0.325 e. The van der Waals surface area contributed by atoms with Gasteiger partial charge in [0.2, 0.25) is 5.91 Å². The van der Waals surface area contributed by atoms with E-state index in [0.29, 0.717) is 12.6 Å². The Labute approximate surface area is 134 Å². The van der Waals surface area contributed by atoms with Crippen molar-refractivity contribution in [1.82, 2.24) is 10.2 Å². The van der Waals surface area contributed by atoms with E-state index >= 15 is 0 Å². The van der Waals surface area contributed by atoms with E-state index in [0.717, 1.165) is 50.1 Å². The minimum atomic E-state index is 0.0979. The third-order valence-electron chi connectivity index (χ3n) is 4.56. The summed E-state index contributed by atoms with van der Waals surface area (Å²) < 4.78 is 0. The number of rotatable bonds is 6. The molecule has 1 aromatic carbocycles. The SMILES string of the molecule is CCCN(CC(=O)Nc1cccc(C)c1C)C1CCNCC1. The van der Waals surface area contributed by atoms with Crippen molar-refractivity contribution in [2.45, 2.75) is 46.1 Å². The molecule has 0 radical (unpaired) electrons. The summed E-state index contributed by atoms with van der Waals surface area (Å²) in [5.74, 6) is 0.0979. The molecule has 2 rings (SSSR count). The van der Waals surface area contributed by atoms with Crippen molar-refractivity contribution in [1.29, 1.82) is 0 Å². The normalized spacial score (nSPS) is 16.0. The quantitative estimate of drug-likeness (QED) is 0.849. The summed E-state index contributed by atoms with van der Waals surface area (Å²) in [5, 5.41) is 6.47. The van der Waals surface area contributed by atoms with Crippen molar-refractivity contribution in [2.75, 3.05) is 31.5 Å². The number of hydrogen-bond donors (Lipinski definition) is 2. The Morgan fingerprint density at radius 1 is 1.32 bits per heavy atom. The number of hydrogen-bond acceptors (Lipinski definition) is 3. The molecule has 0 aromatic heterocycles. The zero-order chi connectivity index (χ0) is 15.9. The smallest absolute Gasteiger partial charge is 0.238 e. The first-order valence-electron chi connectivity index (χ1n) is 8.42. The van der Waals surface area contributed by atoms with Gasteiger partial charge in [-0.05, 0) is 69.9 Å². The molecule has 22 heavy (non-hydrogen) atoms. The first-order chi connectivity index (χ1) is 10.6. The standard InChI is InChI=1S/C18H29N3O/c1-4-12-21(16-8-10-19-11-9-16)13-18(22)20-17-7-5-6-14(2)15(17)3/h5-7,16,19H,4,8-13H2,1-3H3,(H,20,22). The summed E-state index contributed by atoms with van der Waals surface area (Å²) in [4.78, 5) is 14.8. The number of piperidine rings is 1. The van der Waals surface area contributed by atoms with Gasteiger partial charge in [-0.25, -0.2) is 0 Å². The molecule has 4 heteroatoms. The maximum absolute atomic E-state index is 12.4. The average molecular weight is 303 g/mol. The lowest BCUT2D eigenvalue weighted by molar-refractivity contribution is -0.118. The molecular formula is C18H29N3O. The molecule has 0 spiro atoms. The fourth-order valence-corrected chi connectivity index (χ4v) is 3.11. The van der Waals surface area contributed by atoms with Crippen molar-refractivity contribution < 1.29 is 4.79 Å². The van der Waals surface area contributed by atoms with Gasteiger partial charge in [-0.15, -0.1) is 0 Å². The second-order valence-electron chi connectivity index (χ2n) is 6.25. The number of aryl methyl sites for hydroxylation is 1. The average Bonchev–Trinajstić information content (AvgIpc) is 2.52. The molecule has 2 N–H and O–H groups in total. The summed E-state index contributed by atoms with van der Waals surface area (Å²) >= 11 is 0. The van der Waals surface area contributed by atoms with Crippen LogP contribution in [0.2, 0.25) is 0 Å². The lowest BCUT2D eigenvalue weighted by atomic mass is 10.0. The van der Waals surface area contributed by atoms with Crippen LogP contribution in [0.25, 0.3) is 0 Å². The number of carbonyl (C=O) groups is 1. The maximum atomic E-state index is 12.4. The monoisotopic (exact) mass is 303 g/mol. The lowest BCUT2D eigenvalue weighted by Crippen LogP contribution is -2.46. The highest BCUT2D eigenvalue weighted by molar-refractivity contribution is 5.93. The molecule has 0 unspecified atom stereocenters. The van der Waals surface area contributed by atoms with Crippen LogP contribution in [0.5, 0.6) is 0 Å². The van der Waals surface area contributed by atoms with Gasteiger partial charge < -0.3 is 10.6 Å². The van der Waals surface area contributed by atoms with Gasteiger partial charge in [-0.3, -0.25) is 9.69 Å². The third kappa shape index (κ3) is 4.55. The van der Waals surface area contributed by atoms with Gasteiger partial charge >= 0.3 is 0 Å². The molecule has 1 saturated heterocycles. The van der Waals surface area contributed by atoms with Gasteiger partial charge in [0.1, 0.15) is 0 Å². The van der Waals surface area contributed by atoms with E-state index in [1.54, 1.807) is 0 Å². The van der Waals surface area contributed by atoms with E-state index in [4.69, 9.17) is 0 Å². The Bertz CT molecular complexity index is 495. The molecule has 1 amide bonds. The van der Waals surface area contributed by atoms with Crippen molar-refractivity contribution in [3.63, 3.8) is 0 Å². The van der Waals surface area contributed by atoms with Crippen LogP contribution in [0, 0.1) is 13.8 Å². The van der Waals surface area contributed by atoms with Gasteiger partial charge in [0.15, 0.2) is 0 Å². The molecular weight excluding hydrogens is 274 g/mol. The van der Waals surface area contributed by atoms with Crippen molar-refractivity contribution in [3.8, 4) is 0 Å². The van der Waals surface area contributed by atoms with Crippen LogP contribution in [0.1, 0.15) is 37.3 Å². The van der Waals surface area contributed by atoms with E-state index in [1.165, 1.54) is 5.56 Å². The van der Waals surface area contributed by atoms with E-state index in [-0.39, 0.29) is 5.91 Å². The molecule has 1 aliphatic heterocycles. The van der Waals surface area contributed by atoms with Gasteiger partial charge in [0.05, 0.1) is 6.54 Å². The number of nitrogens with zero attached hydrogens (tertiary/aromatic N) is 1. The molecule has 0 aliphatic carbocycles. The Morgan fingerprint density at radius 3 is 2.73 bits per heavy atom. The van der Waals surface area contributed by atoms with Crippen LogP contribution in [-0.2, 0) is 4.79 Å². The van der Waals surface area contributed by atoms with Crippen LogP contribution in [-0.4, -0.2) is 43.0 Å². The fourth-order valence-electron chi connectivity index (χ4n) is 3.11. The molecule has 1 aliphatic rings. The molecule has 1 heterocycles. The molecule has 1 fully saturated rings. The lowest BCUT2D eigenvalue weighted by Gasteiger charge is -2.34. The maximum Gasteiger partial charge on any atom is 0.238 e. The van der Waals surface area contributed by atoms with Crippen molar-refractivity contribution >= 4 is 11.6 Å². The number of benzene rings is 1. The highest BCUT2D eigenvalue weighted by Gasteiger charge is 2.22. The zero-order valence-corrected chi connectivity index (χ0v) is 14.1. The Balaban J connectivity index is 1.96.